The summed E-state index contributed by atoms with van der Waals surface area (Å²) in [6, 6.07) is 0. The SMILES string of the molecule is CCC1SCCSC1c1nc(C)c(CCC(=O)O)c(C)n1. The van der Waals surface area contributed by atoms with Crippen molar-refractivity contribution in [3.8, 4) is 0 Å². The van der Waals surface area contributed by atoms with E-state index in [9.17, 15) is 4.79 Å². The van der Waals surface area contributed by atoms with Gasteiger partial charge >= 0.3 is 5.97 Å². The molecule has 1 aliphatic rings. The molecule has 1 saturated heterocycles. The van der Waals surface area contributed by atoms with Crippen LogP contribution in [0.15, 0.2) is 0 Å². The van der Waals surface area contributed by atoms with E-state index in [0.29, 0.717) is 16.9 Å². The Bertz CT molecular complexity index is 499. The maximum Gasteiger partial charge on any atom is 0.303 e. The van der Waals surface area contributed by atoms with E-state index in [2.05, 4.69) is 6.92 Å². The maximum atomic E-state index is 10.7. The van der Waals surface area contributed by atoms with E-state index in [-0.39, 0.29) is 6.42 Å². The molecule has 0 aliphatic carbocycles. The first-order chi connectivity index (χ1) is 10.0. The van der Waals surface area contributed by atoms with Gasteiger partial charge in [0.15, 0.2) is 0 Å². The third-order valence-corrected chi connectivity index (χ3v) is 6.98. The molecule has 2 unspecified atom stereocenters. The number of carboxylic acids is 1. The van der Waals surface area contributed by atoms with Crippen LogP contribution in [0.25, 0.3) is 0 Å². The van der Waals surface area contributed by atoms with Gasteiger partial charge in [0.05, 0.1) is 5.25 Å². The number of rotatable bonds is 5. The number of carboxylic acid groups (broad SMARTS) is 1. The average Bonchev–Trinajstić information content (AvgIpc) is 2.45. The van der Waals surface area contributed by atoms with Gasteiger partial charge in [-0.1, -0.05) is 6.92 Å². The quantitative estimate of drug-likeness (QED) is 0.894. The minimum atomic E-state index is -0.775. The number of aromatic nitrogens is 2. The summed E-state index contributed by atoms with van der Waals surface area (Å²) in [5.41, 5.74) is 2.86. The lowest BCUT2D eigenvalue weighted by molar-refractivity contribution is -0.136. The van der Waals surface area contributed by atoms with E-state index in [4.69, 9.17) is 15.1 Å². The number of hydrogen-bond donors (Lipinski definition) is 1. The highest BCUT2D eigenvalue weighted by molar-refractivity contribution is 8.06. The predicted molar refractivity (Wildman–Crippen MR) is 89.2 cm³/mol. The van der Waals surface area contributed by atoms with Gasteiger partial charge in [-0.3, -0.25) is 4.79 Å². The third kappa shape index (κ3) is 4.13. The average molecular weight is 326 g/mol. The fourth-order valence-electron chi connectivity index (χ4n) is 2.63. The van der Waals surface area contributed by atoms with Crippen molar-refractivity contribution in [1.29, 1.82) is 0 Å². The van der Waals surface area contributed by atoms with Crippen molar-refractivity contribution < 1.29 is 9.90 Å². The summed E-state index contributed by atoms with van der Waals surface area (Å²) in [4.78, 5) is 20.1. The molecule has 0 bridgehead atoms. The second-order valence-electron chi connectivity index (χ2n) is 5.23. The van der Waals surface area contributed by atoms with Crippen LogP contribution in [0.1, 0.15) is 47.8 Å². The standard InChI is InChI=1S/C15H22N2O2S2/c1-4-12-14(21-8-7-20-12)15-16-9(2)11(10(3)17-15)5-6-13(18)19/h12,14H,4-8H2,1-3H3,(H,18,19). The first-order valence-corrected chi connectivity index (χ1v) is 9.41. The number of aliphatic carboxylic acids is 1. The molecule has 0 radical (unpaired) electrons. The molecule has 116 valence electrons. The summed E-state index contributed by atoms with van der Waals surface area (Å²) in [5.74, 6) is 2.50. The molecular formula is C15H22N2O2S2. The highest BCUT2D eigenvalue weighted by Crippen LogP contribution is 2.43. The van der Waals surface area contributed by atoms with Gasteiger partial charge in [0, 0.05) is 34.6 Å². The van der Waals surface area contributed by atoms with E-state index in [1.54, 1.807) is 0 Å². The van der Waals surface area contributed by atoms with Crippen LogP contribution in [0.5, 0.6) is 0 Å². The lowest BCUT2D eigenvalue weighted by atomic mass is 10.1. The second kappa shape index (κ2) is 7.49. The second-order valence-corrected chi connectivity index (χ2v) is 7.83. The molecule has 0 saturated carbocycles. The van der Waals surface area contributed by atoms with Crippen molar-refractivity contribution in [3.63, 3.8) is 0 Å². The molecule has 0 amide bonds. The Morgan fingerprint density at radius 2 is 1.86 bits per heavy atom. The molecule has 6 heteroatoms. The van der Waals surface area contributed by atoms with Crippen molar-refractivity contribution in [2.45, 2.75) is 50.5 Å². The van der Waals surface area contributed by atoms with Gasteiger partial charge in [-0.2, -0.15) is 11.8 Å². The van der Waals surface area contributed by atoms with E-state index in [0.717, 1.165) is 34.9 Å². The third-order valence-electron chi connectivity index (χ3n) is 3.73. The minimum absolute atomic E-state index is 0.135. The Morgan fingerprint density at radius 3 is 2.43 bits per heavy atom. The number of carbonyl (C=O) groups is 1. The van der Waals surface area contributed by atoms with Gasteiger partial charge in [-0.15, -0.1) is 11.8 Å². The fourth-order valence-corrected chi connectivity index (χ4v) is 5.62. The van der Waals surface area contributed by atoms with Gasteiger partial charge in [0.25, 0.3) is 0 Å². The summed E-state index contributed by atoms with van der Waals surface area (Å²) in [6.45, 7) is 6.16. The van der Waals surface area contributed by atoms with Crippen LogP contribution in [-0.4, -0.2) is 37.8 Å². The normalized spacial score (nSPS) is 22.2. The van der Waals surface area contributed by atoms with E-state index >= 15 is 0 Å². The Hall–Kier alpha value is -0.750. The fraction of sp³-hybridized carbons (Fsp3) is 0.667. The summed E-state index contributed by atoms with van der Waals surface area (Å²) in [7, 11) is 0. The molecule has 1 fully saturated rings. The molecule has 2 rings (SSSR count). The van der Waals surface area contributed by atoms with Crippen molar-refractivity contribution in [3.05, 3.63) is 22.8 Å². The monoisotopic (exact) mass is 326 g/mol. The zero-order valence-corrected chi connectivity index (χ0v) is 14.4. The summed E-state index contributed by atoms with van der Waals surface area (Å²) in [5, 5.41) is 9.77. The number of aryl methyl sites for hydroxylation is 2. The number of nitrogens with zero attached hydrogens (tertiary/aromatic N) is 2. The molecule has 1 N–H and O–H groups in total. The van der Waals surface area contributed by atoms with Crippen LogP contribution >= 0.6 is 23.5 Å². The molecule has 2 heterocycles. The molecule has 2 atom stereocenters. The van der Waals surface area contributed by atoms with Crippen molar-refractivity contribution in [1.82, 2.24) is 9.97 Å². The summed E-state index contributed by atoms with van der Waals surface area (Å²) >= 11 is 3.97. The van der Waals surface area contributed by atoms with Crippen LogP contribution in [0, 0.1) is 13.8 Å². The lowest BCUT2D eigenvalue weighted by Gasteiger charge is -2.29. The van der Waals surface area contributed by atoms with Gasteiger partial charge in [-0.05, 0) is 32.3 Å². The first-order valence-electron chi connectivity index (χ1n) is 7.32. The smallest absolute Gasteiger partial charge is 0.303 e. The molecule has 0 aromatic carbocycles. The van der Waals surface area contributed by atoms with Gasteiger partial charge < -0.3 is 5.11 Å². The Morgan fingerprint density at radius 1 is 1.24 bits per heavy atom. The molecule has 21 heavy (non-hydrogen) atoms. The van der Waals surface area contributed by atoms with E-state index in [1.807, 2.05) is 37.4 Å². The largest absolute Gasteiger partial charge is 0.481 e. The molecular weight excluding hydrogens is 304 g/mol. The summed E-state index contributed by atoms with van der Waals surface area (Å²) < 4.78 is 0. The maximum absolute atomic E-state index is 10.7. The Labute approximate surface area is 134 Å². The zero-order valence-electron chi connectivity index (χ0n) is 12.8. The molecule has 1 aliphatic heterocycles. The van der Waals surface area contributed by atoms with Crippen LogP contribution in [-0.2, 0) is 11.2 Å². The Balaban J connectivity index is 2.23. The van der Waals surface area contributed by atoms with Crippen molar-refractivity contribution in [2.75, 3.05) is 11.5 Å². The topological polar surface area (TPSA) is 63.1 Å². The van der Waals surface area contributed by atoms with E-state index < -0.39 is 5.97 Å². The van der Waals surface area contributed by atoms with Crippen LogP contribution in [0.4, 0.5) is 0 Å². The Kier molecular flexibility index (Phi) is 5.93. The first kappa shape index (κ1) is 16.6. The summed E-state index contributed by atoms with van der Waals surface area (Å²) in [6.07, 6.45) is 1.78. The zero-order chi connectivity index (χ0) is 15.4. The number of thioether (sulfide) groups is 2. The highest BCUT2D eigenvalue weighted by atomic mass is 32.2. The van der Waals surface area contributed by atoms with Crippen molar-refractivity contribution >= 4 is 29.5 Å². The molecule has 4 nitrogen and oxygen atoms in total. The lowest BCUT2D eigenvalue weighted by Crippen LogP contribution is -2.21. The minimum Gasteiger partial charge on any atom is -0.481 e. The van der Waals surface area contributed by atoms with Gasteiger partial charge in [0.2, 0.25) is 0 Å². The number of hydrogen-bond acceptors (Lipinski definition) is 5. The predicted octanol–water partition coefficient (Wildman–Crippen LogP) is 3.41. The molecule has 1 aromatic rings. The molecule has 1 aromatic heterocycles. The van der Waals surface area contributed by atoms with Crippen LogP contribution < -0.4 is 0 Å². The highest BCUT2D eigenvalue weighted by Gasteiger charge is 2.29. The molecule has 0 spiro atoms. The van der Waals surface area contributed by atoms with Crippen molar-refractivity contribution in [2.24, 2.45) is 0 Å². The van der Waals surface area contributed by atoms with Gasteiger partial charge in [-0.25, -0.2) is 9.97 Å². The van der Waals surface area contributed by atoms with Crippen LogP contribution in [0.2, 0.25) is 0 Å². The van der Waals surface area contributed by atoms with Gasteiger partial charge in [0.1, 0.15) is 5.82 Å². The van der Waals surface area contributed by atoms with Crippen LogP contribution in [0.3, 0.4) is 0 Å². The van der Waals surface area contributed by atoms with E-state index in [1.165, 1.54) is 5.75 Å².